The summed E-state index contributed by atoms with van der Waals surface area (Å²) < 4.78 is 16.7. The van der Waals surface area contributed by atoms with Crippen molar-refractivity contribution in [3.63, 3.8) is 0 Å². The molecular weight excluding hydrogens is 428 g/mol. The topological polar surface area (TPSA) is 128 Å². The number of benzene rings is 1. The van der Waals surface area contributed by atoms with Gasteiger partial charge in [-0.05, 0) is 37.6 Å². The molecule has 0 saturated carbocycles. The maximum atomic E-state index is 12.5. The third-order valence-corrected chi connectivity index (χ3v) is 4.73. The largest absolute Gasteiger partial charge is 0.456 e. The van der Waals surface area contributed by atoms with Crippen LogP contribution in [0.5, 0.6) is 17.4 Å². The zero-order chi connectivity index (χ0) is 23.8. The highest BCUT2D eigenvalue weighted by Crippen LogP contribution is 2.26. The smallest absolute Gasteiger partial charge is 0.328 e. The van der Waals surface area contributed by atoms with Crippen molar-refractivity contribution in [1.29, 1.82) is 0 Å². The number of ether oxygens (including phenoxy) is 3. The predicted octanol–water partition coefficient (Wildman–Crippen LogP) is 2.41. The molecule has 3 N–H and O–H groups in total. The minimum Gasteiger partial charge on any atom is -0.456 e. The first-order valence-electron chi connectivity index (χ1n) is 10.4. The van der Waals surface area contributed by atoms with E-state index in [9.17, 15) is 14.4 Å². The van der Waals surface area contributed by atoms with Gasteiger partial charge in [-0.25, -0.2) is 9.78 Å². The fourth-order valence-electron chi connectivity index (χ4n) is 3.00. The first kappa shape index (κ1) is 23.7. The maximum absolute atomic E-state index is 12.5. The monoisotopic (exact) mass is 454 g/mol. The third-order valence-electron chi connectivity index (χ3n) is 4.73. The molecule has 33 heavy (non-hydrogen) atoms. The van der Waals surface area contributed by atoms with Crippen LogP contribution in [0, 0.1) is 0 Å². The summed E-state index contributed by atoms with van der Waals surface area (Å²) in [6, 6.07) is 9.68. The van der Waals surface area contributed by atoms with Gasteiger partial charge < -0.3 is 19.5 Å². The van der Waals surface area contributed by atoms with E-state index >= 15 is 0 Å². The second-order valence-corrected chi connectivity index (χ2v) is 7.33. The number of amides is 4. The highest BCUT2D eigenvalue weighted by Gasteiger charge is 2.53. The van der Waals surface area contributed by atoms with E-state index in [1.165, 1.54) is 12.3 Å². The van der Waals surface area contributed by atoms with Crippen LogP contribution in [0.1, 0.15) is 25.8 Å². The van der Waals surface area contributed by atoms with Crippen LogP contribution < -0.4 is 25.4 Å². The summed E-state index contributed by atoms with van der Waals surface area (Å²) in [6.07, 6.45) is 1.31. The number of hydrogen-bond acceptors (Lipinski definition) is 8. The fraction of sp³-hybridized carbons (Fsp3) is 0.304. The Morgan fingerprint density at radius 3 is 2.30 bits per heavy atom. The molecule has 0 spiro atoms. The van der Waals surface area contributed by atoms with E-state index in [0.717, 1.165) is 11.3 Å². The van der Waals surface area contributed by atoms with E-state index in [1.54, 1.807) is 13.0 Å². The average molecular weight is 454 g/mol. The van der Waals surface area contributed by atoms with Gasteiger partial charge in [-0.2, -0.15) is 0 Å². The summed E-state index contributed by atoms with van der Waals surface area (Å²) in [7, 11) is 0. The number of imide groups is 2. The summed E-state index contributed by atoms with van der Waals surface area (Å²) in [4.78, 5) is 40.7. The molecule has 0 atom stereocenters. The van der Waals surface area contributed by atoms with Gasteiger partial charge in [-0.1, -0.05) is 18.7 Å². The molecule has 2 heterocycles. The molecule has 4 amide bonds. The highest BCUT2D eigenvalue weighted by molar-refractivity contribution is 6.21. The Morgan fingerprint density at radius 2 is 1.73 bits per heavy atom. The maximum Gasteiger partial charge on any atom is 0.328 e. The molecule has 10 heteroatoms. The molecule has 1 aliphatic rings. The molecule has 2 aromatic rings. The molecule has 1 aromatic carbocycles. The van der Waals surface area contributed by atoms with Gasteiger partial charge in [0.1, 0.15) is 11.5 Å². The standard InChI is InChI=1S/C23H26N4O6/c1-4-31-12-11-23(20(28)26-22(30)27-21(23)29)33-19-10-9-18(14-25-19)32-17-7-5-16(6-8-17)13-24-15(2)3/h5-10,14,24H,2,4,11-13H2,1,3H3,(H2,26,27,28,29,30). The van der Waals surface area contributed by atoms with Crippen molar-refractivity contribution in [1.82, 2.24) is 20.9 Å². The number of carbonyl (C=O) groups is 3. The molecule has 10 nitrogen and oxygen atoms in total. The summed E-state index contributed by atoms with van der Waals surface area (Å²) in [5, 5.41) is 7.27. The summed E-state index contributed by atoms with van der Waals surface area (Å²) >= 11 is 0. The number of hydrogen-bond donors (Lipinski definition) is 3. The van der Waals surface area contributed by atoms with Crippen LogP contribution in [0.15, 0.2) is 54.9 Å². The number of pyridine rings is 1. The van der Waals surface area contributed by atoms with Crippen molar-refractivity contribution in [3.05, 3.63) is 60.4 Å². The van der Waals surface area contributed by atoms with E-state index < -0.39 is 23.4 Å². The molecule has 1 aliphatic heterocycles. The Hall–Kier alpha value is -3.92. The van der Waals surface area contributed by atoms with Gasteiger partial charge in [0.15, 0.2) is 0 Å². The van der Waals surface area contributed by atoms with E-state index in [2.05, 4.69) is 27.5 Å². The first-order valence-corrected chi connectivity index (χ1v) is 10.4. The lowest BCUT2D eigenvalue weighted by Crippen LogP contribution is -2.69. The van der Waals surface area contributed by atoms with Crippen molar-refractivity contribution in [3.8, 4) is 17.4 Å². The van der Waals surface area contributed by atoms with Crippen LogP contribution in [0.3, 0.4) is 0 Å². The normalized spacial score (nSPS) is 14.8. The van der Waals surface area contributed by atoms with Gasteiger partial charge in [0.2, 0.25) is 5.88 Å². The Labute approximate surface area is 191 Å². The van der Waals surface area contributed by atoms with Crippen molar-refractivity contribution in [2.24, 2.45) is 0 Å². The minimum absolute atomic E-state index is 0.0136. The van der Waals surface area contributed by atoms with E-state index in [1.807, 2.05) is 31.2 Å². The van der Waals surface area contributed by atoms with Crippen LogP contribution in [-0.4, -0.2) is 41.6 Å². The molecule has 1 saturated heterocycles. The first-order chi connectivity index (χ1) is 15.8. The number of rotatable bonds is 11. The molecule has 1 fully saturated rings. The van der Waals surface area contributed by atoms with Crippen LogP contribution in [0.25, 0.3) is 0 Å². The fourth-order valence-corrected chi connectivity index (χ4v) is 3.00. The second-order valence-electron chi connectivity index (χ2n) is 7.33. The van der Waals surface area contributed by atoms with Gasteiger partial charge in [0, 0.05) is 31.3 Å². The molecule has 174 valence electrons. The molecule has 1 aromatic heterocycles. The Bertz CT molecular complexity index is 1000. The minimum atomic E-state index is -1.98. The predicted molar refractivity (Wildman–Crippen MR) is 119 cm³/mol. The number of nitrogens with zero attached hydrogens (tertiary/aromatic N) is 1. The molecule has 0 radical (unpaired) electrons. The van der Waals surface area contributed by atoms with Gasteiger partial charge in [-0.3, -0.25) is 20.2 Å². The highest BCUT2D eigenvalue weighted by atomic mass is 16.5. The number of aromatic nitrogens is 1. The van der Waals surface area contributed by atoms with Crippen molar-refractivity contribution < 1.29 is 28.6 Å². The molecule has 0 aliphatic carbocycles. The van der Waals surface area contributed by atoms with Gasteiger partial charge in [0.05, 0.1) is 12.8 Å². The van der Waals surface area contributed by atoms with Crippen LogP contribution in [0.4, 0.5) is 4.79 Å². The van der Waals surface area contributed by atoms with Crippen LogP contribution >= 0.6 is 0 Å². The SMILES string of the molecule is C=C(C)NCc1ccc(Oc2ccc(OC3(CCOCC)C(=O)NC(=O)NC3=O)nc2)cc1. The Balaban J connectivity index is 1.68. The van der Waals surface area contributed by atoms with E-state index in [0.29, 0.717) is 24.7 Å². The Kier molecular flexibility index (Phi) is 7.62. The quantitative estimate of drug-likeness (QED) is 0.349. The summed E-state index contributed by atoms with van der Waals surface area (Å²) in [6.45, 7) is 8.62. The zero-order valence-corrected chi connectivity index (χ0v) is 18.5. The lowest BCUT2D eigenvalue weighted by atomic mass is 9.95. The van der Waals surface area contributed by atoms with Gasteiger partial charge in [0.25, 0.3) is 17.4 Å². The van der Waals surface area contributed by atoms with Crippen LogP contribution in [-0.2, 0) is 20.9 Å². The van der Waals surface area contributed by atoms with E-state index in [-0.39, 0.29) is 18.9 Å². The number of barbiturate groups is 1. The number of urea groups is 1. The molecule has 3 rings (SSSR count). The average Bonchev–Trinajstić information content (AvgIpc) is 2.78. The van der Waals surface area contributed by atoms with Gasteiger partial charge in [-0.15, -0.1) is 0 Å². The van der Waals surface area contributed by atoms with Crippen LogP contribution in [0.2, 0.25) is 0 Å². The van der Waals surface area contributed by atoms with Gasteiger partial charge >= 0.3 is 6.03 Å². The molecule has 0 bridgehead atoms. The summed E-state index contributed by atoms with van der Waals surface area (Å²) in [5.74, 6) is -0.688. The van der Waals surface area contributed by atoms with Crippen molar-refractivity contribution >= 4 is 17.8 Å². The lowest BCUT2D eigenvalue weighted by Gasteiger charge is -2.33. The second kappa shape index (κ2) is 10.6. The summed E-state index contributed by atoms with van der Waals surface area (Å²) in [5.41, 5.74) is -0.0168. The Morgan fingerprint density at radius 1 is 1.06 bits per heavy atom. The zero-order valence-electron chi connectivity index (χ0n) is 18.5. The van der Waals surface area contributed by atoms with Crippen molar-refractivity contribution in [2.45, 2.75) is 32.4 Å². The lowest BCUT2D eigenvalue weighted by molar-refractivity contribution is -0.153. The molecule has 0 unspecified atom stereocenters. The van der Waals surface area contributed by atoms with Crippen molar-refractivity contribution in [2.75, 3.05) is 13.2 Å². The third kappa shape index (κ3) is 6.07. The van der Waals surface area contributed by atoms with E-state index in [4.69, 9.17) is 14.2 Å². The molecular formula is C23H26N4O6. The number of carbonyl (C=O) groups excluding carboxylic acids is 3. The number of allylic oxidation sites excluding steroid dienone is 1. The number of nitrogens with one attached hydrogen (secondary N) is 3.